The van der Waals surface area contributed by atoms with Gasteiger partial charge in [-0.15, -0.1) is 0 Å². The highest BCUT2D eigenvalue weighted by Crippen LogP contribution is 2.32. The van der Waals surface area contributed by atoms with Crippen LogP contribution in [-0.4, -0.2) is 61.8 Å². The summed E-state index contributed by atoms with van der Waals surface area (Å²) < 4.78 is 70.6. The highest BCUT2D eigenvalue weighted by atomic mass is 32.2. The minimum absolute atomic E-state index is 0.0210. The summed E-state index contributed by atoms with van der Waals surface area (Å²) in [7, 11) is -4.12. The molecule has 1 aromatic rings. The SMILES string of the molecule is CC(OC(=O)C1CCN(S(=O)(=O)c2cccc(C(F)(F)F)c2)CC1)C(=O)N1CCCC1. The van der Waals surface area contributed by atoms with Gasteiger partial charge in [0.05, 0.1) is 16.4 Å². The lowest BCUT2D eigenvalue weighted by Gasteiger charge is -2.31. The fourth-order valence-electron chi connectivity index (χ4n) is 3.83. The molecule has 1 atom stereocenters. The van der Waals surface area contributed by atoms with Crippen LogP contribution in [0.2, 0.25) is 0 Å². The van der Waals surface area contributed by atoms with Crippen LogP contribution in [0.1, 0.15) is 38.2 Å². The van der Waals surface area contributed by atoms with E-state index in [1.807, 2.05) is 0 Å². The summed E-state index contributed by atoms with van der Waals surface area (Å²) in [5.74, 6) is -1.37. The van der Waals surface area contributed by atoms with Gasteiger partial charge in [0.15, 0.2) is 6.10 Å². The van der Waals surface area contributed by atoms with E-state index in [0.717, 1.165) is 35.3 Å². The first-order chi connectivity index (χ1) is 14.5. The first kappa shape index (κ1) is 23.5. The Bertz CT molecular complexity index is 921. The minimum atomic E-state index is -4.65. The molecular formula is C20H25F3N2O5S. The van der Waals surface area contributed by atoms with Gasteiger partial charge in [-0.05, 0) is 50.8 Å². The van der Waals surface area contributed by atoms with E-state index in [2.05, 4.69) is 0 Å². The van der Waals surface area contributed by atoms with Crippen LogP contribution in [0, 0.1) is 5.92 Å². The van der Waals surface area contributed by atoms with Crippen molar-refractivity contribution in [1.29, 1.82) is 0 Å². The highest BCUT2D eigenvalue weighted by Gasteiger charge is 2.36. The van der Waals surface area contributed by atoms with Crippen molar-refractivity contribution in [3.05, 3.63) is 29.8 Å². The molecule has 1 aromatic carbocycles. The Kier molecular flexibility index (Phi) is 6.95. The molecule has 2 aliphatic heterocycles. The molecule has 11 heteroatoms. The van der Waals surface area contributed by atoms with E-state index >= 15 is 0 Å². The molecule has 172 valence electrons. The number of halogens is 3. The fourth-order valence-corrected chi connectivity index (χ4v) is 5.35. The maximum Gasteiger partial charge on any atom is 0.416 e. The van der Waals surface area contributed by atoms with Crippen LogP contribution < -0.4 is 0 Å². The van der Waals surface area contributed by atoms with Crippen LogP contribution >= 0.6 is 0 Å². The molecule has 7 nitrogen and oxygen atoms in total. The molecule has 0 aromatic heterocycles. The summed E-state index contributed by atoms with van der Waals surface area (Å²) in [5, 5.41) is 0. The molecule has 1 unspecified atom stereocenters. The predicted molar refractivity (Wildman–Crippen MR) is 104 cm³/mol. The summed E-state index contributed by atoms with van der Waals surface area (Å²) >= 11 is 0. The van der Waals surface area contributed by atoms with E-state index in [9.17, 15) is 31.2 Å². The maximum atomic E-state index is 12.9. The third kappa shape index (κ3) is 5.38. The average Bonchev–Trinajstić information content (AvgIpc) is 3.27. The zero-order chi connectivity index (χ0) is 22.8. The molecule has 1 amide bonds. The largest absolute Gasteiger partial charge is 0.452 e. The van der Waals surface area contributed by atoms with Crippen LogP contribution in [0.5, 0.6) is 0 Å². The number of ether oxygens (including phenoxy) is 1. The molecule has 0 bridgehead atoms. The number of hydrogen-bond acceptors (Lipinski definition) is 5. The Morgan fingerprint density at radius 1 is 1.10 bits per heavy atom. The van der Waals surface area contributed by atoms with Crippen LogP contribution in [0.25, 0.3) is 0 Å². The van der Waals surface area contributed by atoms with Gasteiger partial charge in [-0.1, -0.05) is 6.07 Å². The van der Waals surface area contributed by atoms with Gasteiger partial charge in [0.1, 0.15) is 0 Å². The summed E-state index contributed by atoms with van der Waals surface area (Å²) in [5.41, 5.74) is -1.04. The van der Waals surface area contributed by atoms with Gasteiger partial charge in [0.2, 0.25) is 10.0 Å². The third-order valence-corrected chi connectivity index (χ3v) is 7.54. The number of hydrogen-bond donors (Lipinski definition) is 0. The van der Waals surface area contributed by atoms with Crippen LogP contribution in [0.4, 0.5) is 13.2 Å². The van der Waals surface area contributed by atoms with Crippen molar-refractivity contribution in [2.75, 3.05) is 26.2 Å². The van der Waals surface area contributed by atoms with Crippen molar-refractivity contribution in [1.82, 2.24) is 9.21 Å². The van der Waals surface area contributed by atoms with E-state index in [1.165, 1.54) is 6.92 Å². The first-order valence-corrected chi connectivity index (χ1v) is 11.6. The standard InChI is InChI=1S/C20H25F3N2O5S/c1-14(18(26)24-9-2-3-10-24)30-19(27)15-7-11-25(12-8-15)31(28,29)17-6-4-5-16(13-17)20(21,22)23/h4-6,13-15H,2-3,7-12H2,1H3. The quantitative estimate of drug-likeness (QED) is 0.629. The number of alkyl halides is 3. The van der Waals surface area contributed by atoms with Gasteiger partial charge in [-0.25, -0.2) is 8.42 Å². The van der Waals surface area contributed by atoms with Crippen molar-refractivity contribution in [2.24, 2.45) is 5.92 Å². The monoisotopic (exact) mass is 462 g/mol. The smallest absolute Gasteiger partial charge is 0.416 e. The van der Waals surface area contributed by atoms with Crippen LogP contribution in [0.15, 0.2) is 29.2 Å². The minimum Gasteiger partial charge on any atom is -0.452 e. The molecular weight excluding hydrogens is 437 g/mol. The molecule has 2 heterocycles. The zero-order valence-corrected chi connectivity index (χ0v) is 17.9. The third-order valence-electron chi connectivity index (χ3n) is 5.64. The van der Waals surface area contributed by atoms with E-state index in [-0.39, 0.29) is 31.8 Å². The summed E-state index contributed by atoms with van der Waals surface area (Å²) in [6, 6.07) is 3.60. The van der Waals surface area contributed by atoms with Gasteiger partial charge in [0, 0.05) is 26.2 Å². The van der Waals surface area contributed by atoms with Gasteiger partial charge in [-0.2, -0.15) is 17.5 Å². The molecule has 0 spiro atoms. The topological polar surface area (TPSA) is 84.0 Å². The number of likely N-dealkylation sites (tertiary alicyclic amines) is 1. The number of carbonyl (C=O) groups excluding carboxylic acids is 2. The Balaban J connectivity index is 1.58. The second kappa shape index (κ2) is 9.15. The summed E-state index contributed by atoms with van der Waals surface area (Å²) in [6.45, 7) is 2.77. The molecule has 0 N–H and O–H groups in total. The van der Waals surface area contributed by atoms with Crippen molar-refractivity contribution in [3.63, 3.8) is 0 Å². The van der Waals surface area contributed by atoms with E-state index < -0.39 is 44.6 Å². The van der Waals surface area contributed by atoms with Gasteiger partial charge in [-0.3, -0.25) is 9.59 Å². The van der Waals surface area contributed by atoms with E-state index in [4.69, 9.17) is 4.74 Å². The number of benzene rings is 1. The second-order valence-corrected chi connectivity index (χ2v) is 9.75. The van der Waals surface area contributed by atoms with Crippen LogP contribution in [0.3, 0.4) is 0 Å². The lowest BCUT2D eigenvalue weighted by Crippen LogP contribution is -2.43. The number of carbonyl (C=O) groups is 2. The number of esters is 1. The number of amides is 1. The van der Waals surface area contributed by atoms with Crippen LogP contribution in [-0.2, 0) is 30.5 Å². The maximum absolute atomic E-state index is 12.9. The Labute approximate surface area is 179 Å². The number of piperidine rings is 1. The van der Waals surface area contributed by atoms with Gasteiger partial charge >= 0.3 is 12.1 Å². The summed E-state index contributed by atoms with van der Waals surface area (Å²) in [6.07, 6.45) is -3.37. The zero-order valence-electron chi connectivity index (χ0n) is 17.1. The number of rotatable bonds is 5. The first-order valence-electron chi connectivity index (χ1n) is 10.2. The van der Waals surface area contributed by atoms with E-state index in [0.29, 0.717) is 19.2 Å². The molecule has 2 aliphatic rings. The normalized spacial score (nSPS) is 19.9. The van der Waals surface area contributed by atoms with Crippen molar-refractivity contribution in [2.45, 2.75) is 49.8 Å². The molecule has 2 fully saturated rings. The molecule has 0 radical (unpaired) electrons. The number of sulfonamides is 1. The van der Waals surface area contributed by atoms with Crippen molar-refractivity contribution >= 4 is 21.9 Å². The fraction of sp³-hybridized carbons (Fsp3) is 0.600. The second-order valence-electron chi connectivity index (χ2n) is 7.82. The predicted octanol–water partition coefficient (Wildman–Crippen LogP) is 2.66. The Morgan fingerprint density at radius 3 is 2.29 bits per heavy atom. The lowest BCUT2D eigenvalue weighted by molar-refractivity contribution is -0.163. The Morgan fingerprint density at radius 2 is 1.71 bits per heavy atom. The Hall–Kier alpha value is -2.14. The van der Waals surface area contributed by atoms with Gasteiger partial charge in [0.25, 0.3) is 5.91 Å². The molecule has 0 saturated carbocycles. The van der Waals surface area contributed by atoms with Gasteiger partial charge < -0.3 is 9.64 Å². The molecule has 3 rings (SSSR count). The van der Waals surface area contributed by atoms with Crippen molar-refractivity contribution < 1.29 is 35.9 Å². The molecule has 31 heavy (non-hydrogen) atoms. The average molecular weight is 462 g/mol. The van der Waals surface area contributed by atoms with E-state index in [1.54, 1.807) is 4.90 Å². The summed E-state index contributed by atoms with van der Waals surface area (Å²) in [4.78, 5) is 25.9. The molecule has 2 saturated heterocycles. The highest BCUT2D eigenvalue weighted by molar-refractivity contribution is 7.89. The lowest BCUT2D eigenvalue weighted by atomic mass is 9.98. The van der Waals surface area contributed by atoms with Crippen molar-refractivity contribution in [3.8, 4) is 0 Å². The number of nitrogens with zero attached hydrogens (tertiary/aromatic N) is 2. The molecule has 0 aliphatic carbocycles.